The van der Waals surface area contributed by atoms with Crippen LogP contribution in [0.1, 0.15) is 49.3 Å². The highest BCUT2D eigenvalue weighted by Crippen LogP contribution is 2.29. The molecule has 0 saturated carbocycles. The maximum Gasteiger partial charge on any atom is 0.308 e. The normalized spacial score (nSPS) is 18.5. The van der Waals surface area contributed by atoms with Gasteiger partial charge in [-0.25, -0.2) is 4.39 Å². The minimum Gasteiger partial charge on any atom is -0.494 e. The number of benzene rings is 2. The predicted molar refractivity (Wildman–Crippen MR) is 116 cm³/mol. The lowest BCUT2D eigenvalue weighted by atomic mass is 10.0. The number of hydrogen-bond donors (Lipinski definition) is 1. The number of halogens is 1. The Bertz CT molecular complexity index is 865. The summed E-state index contributed by atoms with van der Waals surface area (Å²) >= 11 is 0. The molecule has 1 heterocycles. The van der Waals surface area contributed by atoms with Crippen molar-refractivity contribution in [3.05, 3.63) is 58.9 Å². The molecule has 1 aliphatic heterocycles. The summed E-state index contributed by atoms with van der Waals surface area (Å²) in [6.45, 7) is 4.70. The Labute approximate surface area is 183 Å². The topological polar surface area (TPSA) is 65.0 Å². The molecule has 3 rings (SSSR count). The largest absolute Gasteiger partial charge is 0.494 e. The second-order valence-electron chi connectivity index (χ2n) is 8.08. The number of hydrogen-bond acceptors (Lipinski definition) is 5. The molecule has 0 radical (unpaired) electrons. The van der Waals surface area contributed by atoms with Crippen LogP contribution in [-0.2, 0) is 22.4 Å². The summed E-state index contributed by atoms with van der Waals surface area (Å²) in [5.41, 5.74) is 2.76. The lowest BCUT2D eigenvalue weighted by Crippen LogP contribution is -2.36. The molecular weight excluding hydrogens is 399 g/mol. The van der Waals surface area contributed by atoms with Gasteiger partial charge in [-0.3, -0.25) is 4.79 Å². The number of rotatable bonds is 10. The van der Waals surface area contributed by atoms with E-state index in [9.17, 15) is 14.3 Å². The smallest absolute Gasteiger partial charge is 0.308 e. The maximum atomic E-state index is 14.3. The van der Waals surface area contributed by atoms with Gasteiger partial charge in [-0.2, -0.15) is 0 Å². The average Bonchev–Trinajstić information content (AvgIpc) is 2.71. The van der Waals surface area contributed by atoms with Crippen molar-refractivity contribution in [1.29, 1.82) is 0 Å². The first-order valence-electron chi connectivity index (χ1n) is 11.0. The molecule has 31 heavy (non-hydrogen) atoms. The fourth-order valence-corrected chi connectivity index (χ4v) is 3.76. The third-order valence-electron chi connectivity index (χ3n) is 5.26. The predicted octanol–water partition coefficient (Wildman–Crippen LogP) is 4.54. The van der Waals surface area contributed by atoms with Crippen molar-refractivity contribution >= 4 is 5.97 Å². The van der Waals surface area contributed by atoms with E-state index in [2.05, 4.69) is 0 Å². The Morgan fingerprint density at radius 3 is 2.52 bits per heavy atom. The van der Waals surface area contributed by atoms with Gasteiger partial charge < -0.3 is 19.3 Å². The molecule has 168 valence electrons. The zero-order chi connectivity index (χ0) is 22.2. The summed E-state index contributed by atoms with van der Waals surface area (Å²) in [4.78, 5) is 11.6. The number of carbonyl (C=O) groups is 1. The zero-order valence-corrected chi connectivity index (χ0v) is 18.2. The van der Waals surface area contributed by atoms with Crippen LogP contribution in [-0.4, -0.2) is 36.5 Å². The SMILES string of the molecule is CCCc1cc(F)cc(CCCOc2ccc(C)cc2)c1OC[C@@H]1C[C@@H](O)CC(=O)O1. The van der Waals surface area contributed by atoms with Crippen molar-refractivity contribution in [3.63, 3.8) is 0 Å². The summed E-state index contributed by atoms with van der Waals surface area (Å²) in [7, 11) is 0. The van der Waals surface area contributed by atoms with Crippen molar-refractivity contribution in [2.45, 2.75) is 64.6 Å². The summed E-state index contributed by atoms with van der Waals surface area (Å²) < 4.78 is 31.4. The second-order valence-corrected chi connectivity index (χ2v) is 8.08. The minimum absolute atomic E-state index is 0.0143. The molecule has 2 aromatic rings. The van der Waals surface area contributed by atoms with Crippen LogP contribution < -0.4 is 9.47 Å². The molecule has 0 unspecified atom stereocenters. The van der Waals surface area contributed by atoms with Crippen molar-refractivity contribution < 1.29 is 28.5 Å². The van der Waals surface area contributed by atoms with Gasteiger partial charge in [0.25, 0.3) is 0 Å². The van der Waals surface area contributed by atoms with Crippen LogP contribution in [0.25, 0.3) is 0 Å². The molecule has 0 bridgehead atoms. The number of aliphatic hydroxyl groups is 1. The number of esters is 1. The van der Waals surface area contributed by atoms with Crippen LogP contribution in [0, 0.1) is 12.7 Å². The van der Waals surface area contributed by atoms with Crippen LogP contribution in [0.4, 0.5) is 4.39 Å². The van der Waals surface area contributed by atoms with Gasteiger partial charge in [-0.15, -0.1) is 0 Å². The lowest BCUT2D eigenvalue weighted by Gasteiger charge is -2.27. The van der Waals surface area contributed by atoms with Gasteiger partial charge in [0.05, 0.1) is 19.1 Å². The van der Waals surface area contributed by atoms with E-state index in [-0.39, 0.29) is 18.8 Å². The summed E-state index contributed by atoms with van der Waals surface area (Å²) in [6, 6.07) is 10.9. The van der Waals surface area contributed by atoms with E-state index in [1.807, 2.05) is 38.1 Å². The molecule has 0 amide bonds. The molecule has 0 spiro atoms. The Morgan fingerprint density at radius 2 is 1.84 bits per heavy atom. The highest BCUT2D eigenvalue weighted by atomic mass is 19.1. The number of carbonyl (C=O) groups excluding carboxylic acids is 1. The van der Waals surface area contributed by atoms with E-state index in [4.69, 9.17) is 14.2 Å². The van der Waals surface area contributed by atoms with E-state index in [1.165, 1.54) is 17.7 Å². The fraction of sp³-hybridized carbons (Fsp3) is 0.480. The molecular formula is C25H31FO5. The van der Waals surface area contributed by atoms with E-state index in [1.54, 1.807) is 0 Å². The van der Waals surface area contributed by atoms with Gasteiger partial charge in [0.2, 0.25) is 0 Å². The standard InChI is InChI=1S/C25H31FO5/c1-3-5-18-12-20(26)13-19(6-4-11-29-22-9-7-17(2)8-10-22)25(18)30-16-23-14-21(27)15-24(28)31-23/h7-10,12-13,21,23,27H,3-6,11,14-16H2,1-2H3/t21-,23+/m1/s1. The molecule has 0 aromatic heterocycles. The maximum absolute atomic E-state index is 14.3. The van der Waals surface area contributed by atoms with Crippen LogP contribution in [0.5, 0.6) is 11.5 Å². The van der Waals surface area contributed by atoms with Gasteiger partial charge in [0.1, 0.15) is 30.0 Å². The van der Waals surface area contributed by atoms with E-state index in [0.29, 0.717) is 38.0 Å². The Balaban J connectivity index is 1.64. The van der Waals surface area contributed by atoms with E-state index >= 15 is 0 Å². The van der Waals surface area contributed by atoms with Gasteiger partial charge in [-0.05, 0) is 61.6 Å². The molecule has 5 nitrogen and oxygen atoms in total. The molecule has 2 atom stereocenters. The lowest BCUT2D eigenvalue weighted by molar-refractivity contribution is -0.162. The van der Waals surface area contributed by atoms with Crippen molar-refractivity contribution in [1.82, 2.24) is 0 Å². The van der Waals surface area contributed by atoms with Gasteiger partial charge in [-0.1, -0.05) is 31.0 Å². The molecule has 1 saturated heterocycles. The van der Waals surface area contributed by atoms with E-state index < -0.39 is 18.2 Å². The number of ether oxygens (including phenoxy) is 3. The highest BCUT2D eigenvalue weighted by Gasteiger charge is 2.28. The van der Waals surface area contributed by atoms with E-state index in [0.717, 1.165) is 23.3 Å². The number of cyclic esters (lactones) is 1. The first kappa shape index (κ1) is 23.1. The van der Waals surface area contributed by atoms with Crippen LogP contribution >= 0.6 is 0 Å². The molecule has 1 aliphatic rings. The summed E-state index contributed by atoms with van der Waals surface area (Å²) in [6.07, 6.45) is 1.99. The quantitative estimate of drug-likeness (QED) is 0.443. The monoisotopic (exact) mass is 430 g/mol. The van der Waals surface area contributed by atoms with Crippen LogP contribution in [0.15, 0.2) is 36.4 Å². The van der Waals surface area contributed by atoms with Gasteiger partial charge in [0, 0.05) is 6.42 Å². The summed E-state index contributed by atoms with van der Waals surface area (Å²) in [5.74, 6) is 0.749. The molecule has 2 aromatic carbocycles. The number of aliphatic hydroxyl groups excluding tert-OH is 1. The van der Waals surface area contributed by atoms with Gasteiger partial charge in [0.15, 0.2) is 0 Å². The second kappa shape index (κ2) is 11.1. The van der Waals surface area contributed by atoms with Crippen LogP contribution in [0.2, 0.25) is 0 Å². The fourth-order valence-electron chi connectivity index (χ4n) is 3.76. The van der Waals surface area contributed by atoms with Crippen molar-refractivity contribution in [2.24, 2.45) is 0 Å². The zero-order valence-electron chi connectivity index (χ0n) is 18.2. The summed E-state index contributed by atoms with van der Waals surface area (Å²) in [5, 5.41) is 9.81. The molecule has 6 heteroatoms. The van der Waals surface area contributed by atoms with Crippen molar-refractivity contribution in [3.8, 4) is 11.5 Å². The first-order chi connectivity index (χ1) is 14.9. The number of aryl methyl sites for hydroxylation is 3. The Morgan fingerprint density at radius 1 is 1.13 bits per heavy atom. The third kappa shape index (κ3) is 6.96. The first-order valence-corrected chi connectivity index (χ1v) is 11.0. The minimum atomic E-state index is -0.712. The highest BCUT2D eigenvalue weighted by molar-refractivity contribution is 5.71. The molecule has 1 N–H and O–H groups in total. The average molecular weight is 431 g/mol. The molecule has 1 fully saturated rings. The van der Waals surface area contributed by atoms with Crippen LogP contribution in [0.3, 0.4) is 0 Å². The Kier molecular flexibility index (Phi) is 8.29. The Hall–Kier alpha value is -2.60. The van der Waals surface area contributed by atoms with Gasteiger partial charge >= 0.3 is 5.97 Å². The van der Waals surface area contributed by atoms with Crippen molar-refractivity contribution in [2.75, 3.05) is 13.2 Å². The third-order valence-corrected chi connectivity index (χ3v) is 5.26. The molecule has 0 aliphatic carbocycles.